The second-order valence-electron chi connectivity index (χ2n) is 4.34. The number of carbonyl (C=O) groups is 1. The molecule has 0 aliphatic heterocycles. The molecule has 0 aliphatic carbocycles. The molecule has 1 aromatic heterocycles. The predicted octanol–water partition coefficient (Wildman–Crippen LogP) is 3.59. The second kappa shape index (κ2) is 5.41. The third-order valence-electron chi connectivity index (χ3n) is 2.98. The number of aryl methyl sites for hydroxylation is 2. The van der Waals surface area contributed by atoms with E-state index in [1.54, 1.807) is 19.2 Å². The van der Waals surface area contributed by atoms with Gasteiger partial charge in [0.2, 0.25) is 0 Å². The van der Waals surface area contributed by atoms with E-state index in [1.807, 2.05) is 26.0 Å². The van der Waals surface area contributed by atoms with Crippen molar-refractivity contribution in [3.8, 4) is 5.75 Å². The van der Waals surface area contributed by atoms with Crippen LogP contribution in [0.25, 0.3) is 0 Å². The van der Waals surface area contributed by atoms with E-state index in [9.17, 15) is 4.79 Å². The first kappa shape index (κ1) is 13.6. The number of rotatable bonds is 3. The number of hydrogen-bond acceptors (Lipinski definition) is 3. The van der Waals surface area contributed by atoms with Gasteiger partial charge in [-0.1, -0.05) is 11.6 Å². The van der Waals surface area contributed by atoms with Gasteiger partial charge in [0.05, 0.1) is 7.11 Å². The van der Waals surface area contributed by atoms with Crippen molar-refractivity contribution in [2.75, 3.05) is 7.11 Å². The zero-order valence-electron chi connectivity index (χ0n) is 11.0. The van der Waals surface area contributed by atoms with E-state index in [4.69, 9.17) is 16.3 Å². The topological polar surface area (TPSA) is 39.2 Å². The monoisotopic (exact) mass is 275 g/mol. The van der Waals surface area contributed by atoms with Crippen LogP contribution in [0.5, 0.6) is 5.75 Å². The van der Waals surface area contributed by atoms with Gasteiger partial charge in [0.15, 0.2) is 5.78 Å². The molecule has 0 saturated carbocycles. The van der Waals surface area contributed by atoms with Crippen molar-refractivity contribution < 1.29 is 9.53 Å². The van der Waals surface area contributed by atoms with Crippen molar-refractivity contribution in [3.05, 3.63) is 57.9 Å². The van der Waals surface area contributed by atoms with Crippen molar-refractivity contribution in [1.29, 1.82) is 0 Å². The molecule has 0 radical (unpaired) electrons. The summed E-state index contributed by atoms with van der Waals surface area (Å²) in [6, 6.07) is 6.99. The Morgan fingerprint density at radius 3 is 2.53 bits per heavy atom. The van der Waals surface area contributed by atoms with Gasteiger partial charge in [0, 0.05) is 17.3 Å². The zero-order chi connectivity index (χ0) is 14.0. The summed E-state index contributed by atoms with van der Waals surface area (Å²) in [5.41, 5.74) is 2.99. The molecule has 0 fully saturated rings. The number of hydrogen-bond donors (Lipinski definition) is 0. The summed E-state index contributed by atoms with van der Waals surface area (Å²) in [6.45, 7) is 3.80. The van der Waals surface area contributed by atoms with Gasteiger partial charge in [-0.3, -0.25) is 4.79 Å². The molecule has 0 saturated heterocycles. The Morgan fingerprint density at radius 1 is 1.21 bits per heavy atom. The molecule has 0 spiro atoms. The number of nitrogens with zero attached hydrogens (tertiary/aromatic N) is 1. The fourth-order valence-corrected chi connectivity index (χ4v) is 2.03. The van der Waals surface area contributed by atoms with Gasteiger partial charge in [-0.15, -0.1) is 0 Å². The molecule has 0 N–H and O–H groups in total. The van der Waals surface area contributed by atoms with E-state index in [2.05, 4.69) is 4.98 Å². The molecule has 98 valence electrons. The SMILES string of the molecule is COc1cc(C)c(C(=O)c2ccc(Cl)nc2)cc1C. The number of aromatic nitrogens is 1. The number of carbonyl (C=O) groups excluding carboxylic acids is 1. The van der Waals surface area contributed by atoms with E-state index >= 15 is 0 Å². The Balaban J connectivity index is 2.44. The van der Waals surface area contributed by atoms with E-state index < -0.39 is 0 Å². The van der Waals surface area contributed by atoms with Gasteiger partial charge in [-0.25, -0.2) is 4.98 Å². The highest BCUT2D eigenvalue weighted by atomic mass is 35.5. The smallest absolute Gasteiger partial charge is 0.194 e. The van der Waals surface area contributed by atoms with E-state index in [-0.39, 0.29) is 5.78 Å². The van der Waals surface area contributed by atoms with Crippen molar-refractivity contribution in [1.82, 2.24) is 4.98 Å². The quantitative estimate of drug-likeness (QED) is 0.635. The Kier molecular flexibility index (Phi) is 3.86. The summed E-state index contributed by atoms with van der Waals surface area (Å²) in [4.78, 5) is 16.3. The van der Waals surface area contributed by atoms with Crippen LogP contribution in [0, 0.1) is 13.8 Å². The molecule has 3 nitrogen and oxygen atoms in total. The zero-order valence-corrected chi connectivity index (χ0v) is 11.8. The third kappa shape index (κ3) is 2.76. The van der Waals surface area contributed by atoms with Crippen molar-refractivity contribution in [3.63, 3.8) is 0 Å². The highest BCUT2D eigenvalue weighted by Crippen LogP contribution is 2.24. The van der Waals surface area contributed by atoms with Gasteiger partial charge >= 0.3 is 0 Å². The van der Waals surface area contributed by atoms with Crippen molar-refractivity contribution >= 4 is 17.4 Å². The molecule has 0 amide bonds. The first-order chi connectivity index (χ1) is 9.02. The lowest BCUT2D eigenvalue weighted by Gasteiger charge is -2.10. The molecule has 19 heavy (non-hydrogen) atoms. The maximum atomic E-state index is 12.4. The van der Waals surface area contributed by atoms with Crippen LogP contribution in [0.4, 0.5) is 0 Å². The summed E-state index contributed by atoms with van der Waals surface area (Å²) >= 11 is 5.72. The van der Waals surface area contributed by atoms with Gasteiger partial charge in [0.1, 0.15) is 10.9 Å². The standard InChI is InChI=1S/C15H14ClNO2/c1-9-7-13(19-3)10(2)6-12(9)15(18)11-4-5-14(16)17-8-11/h4-8H,1-3H3. The van der Waals surface area contributed by atoms with Crippen molar-refractivity contribution in [2.45, 2.75) is 13.8 Å². The van der Waals surface area contributed by atoms with Crippen LogP contribution in [0.3, 0.4) is 0 Å². The fraction of sp³-hybridized carbons (Fsp3) is 0.200. The Morgan fingerprint density at radius 2 is 1.95 bits per heavy atom. The van der Waals surface area contributed by atoms with Crippen molar-refractivity contribution in [2.24, 2.45) is 0 Å². The summed E-state index contributed by atoms with van der Waals surface area (Å²) in [7, 11) is 1.62. The summed E-state index contributed by atoms with van der Waals surface area (Å²) in [6.07, 6.45) is 1.49. The predicted molar refractivity (Wildman–Crippen MR) is 75.1 cm³/mol. The fourth-order valence-electron chi connectivity index (χ4n) is 1.92. The Bertz CT molecular complexity index is 621. The number of ketones is 1. The van der Waals surface area contributed by atoms with Crippen LogP contribution >= 0.6 is 11.6 Å². The number of ether oxygens (including phenoxy) is 1. The largest absolute Gasteiger partial charge is 0.496 e. The molecular formula is C15H14ClNO2. The first-order valence-corrected chi connectivity index (χ1v) is 6.22. The summed E-state index contributed by atoms with van der Waals surface area (Å²) < 4.78 is 5.24. The van der Waals surface area contributed by atoms with Gasteiger partial charge in [0.25, 0.3) is 0 Å². The molecule has 2 aromatic rings. The van der Waals surface area contributed by atoms with E-state index in [0.717, 1.165) is 16.9 Å². The van der Waals surface area contributed by atoms with E-state index in [0.29, 0.717) is 16.3 Å². The van der Waals surface area contributed by atoms with Crippen LogP contribution in [-0.4, -0.2) is 17.9 Å². The highest BCUT2D eigenvalue weighted by molar-refractivity contribution is 6.29. The van der Waals surface area contributed by atoms with Crippen LogP contribution in [-0.2, 0) is 0 Å². The average Bonchev–Trinajstić information content (AvgIpc) is 2.41. The number of benzene rings is 1. The Hall–Kier alpha value is -1.87. The molecule has 1 heterocycles. The average molecular weight is 276 g/mol. The van der Waals surface area contributed by atoms with Crippen LogP contribution < -0.4 is 4.74 Å². The Labute approximate surface area is 117 Å². The minimum absolute atomic E-state index is 0.0626. The minimum atomic E-state index is -0.0626. The number of pyridine rings is 1. The van der Waals surface area contributed by atoms with Gasteiger partial charge in [-0.05, 0) is 49.2 Å². The van der Waals surface area contributed by atoms with Crippen LogP contribution in [0.15, 0.2) is 30.5 Å². The molecule has 0 atom stereocenters. The lowest BCUT2D eigenvalue weighted by atomic mass is 9.97. The molecule has 0 aliphatic rings. The number of methoxy groups -OCH3 is 1. The minimum Gasteiger partial charge on any atom is -0.496 e. The molecule has 1 aromatic carbocycles. The van der Waals surface area contributed by atoms with E-state index in [1.165, 1.54) is 6.20 Å². The maximum Gasteiger partial charge on any atom is 0.194 e. The van der Waals surface area contributed by atoms with Crippen LogP contribution in [0.1, 0.15) is 27.0 Å². The molecule has 2 rings (SSSR count). The molecule has 0 bridgehead atoms. The molecule has 4 heteroatoms. The normalized spacial score (nSPS) is 10.3. The lowest BCUT2D eigenvalue weighted by molar-refractivity contribution is 0.103. The van der Waals surface area contributed by atoms with Gasteiger partial charge < -0.3 is 4.74 Å². The molecule has 0 unspecified atom stereocenters. The first-order valence-electron chi connectivity index (χ1n) is 5.84. The second-order valence-corrected chi connectivity index (χ2v) is 4.72. The lowest BCUT2D eigenvalue weighted by Crippen LogP contribution is -2.05. The summed E-state index contributed by atoms with van der Waals surface area (Å²) in [5, 5.41) is 0.374. The van der Waals surface area contributed by atoms with Crippen LogP contribution in [0.2, 0.25) is 5.15 Å². The maximum absolute atomic E-state index is 12.4. The summed E-state index contributed by atoms with van der Waals surface area (Å²) in [5.74, 6) is 0.718. The highest BCUT2D eigenvalue weighted by Gasteiger charge is 2.14. The number of halogens is 1. The van der Waals surface area contributed by atoms with Gasteiger partial charge in [-0.2, -0.15) is 0 Å². The third-order valence-corrected chi connectivity index (χ3v) is 3.20. The molecular weight excluding hydrogens is 262 g/mol.